The van der Waals surface area contributed by atoms with Crippen molar-refractivity contribution in [3.63, 3.8) is 0 Å². The van der Waals surface area contributed by atoms with E-state index in [0.29, 0.717) is 11.1 Å². The van der Waals surface area contributed by atoms with Gasteiger partial charge in [-0.05, 0) is 43.5 Å². The highest BCUT2D eigenvalue weighted by atomic mass is 19.1. The van der Waals surface area contributed by atoms with Crippen molar-refractivity contribution in [2.45, 2.75) is 26.2 Å². The van der Waals surface area contributed by atoms with E-state index in [1.807, 2.05) is 5.01 Å². The summed E-state index contributed by atoms with van der Waals surface area (Å²) in [6.07, 6.45) is 3.45. The normalized spacial score (nSPS) is 16.8. The maximum atomic E-state index is 13.1. The van der Waals surface area contributed by atoms with Crippen molar-refractivity contribution in [3.8, 4) is 0 Å². The molecule has 1 aromatic carbocycles. The van der Waals surface area contributed by atoms with Crippen LogP contribution in [0.2, 0.25) is 0 Å². The lowest BCUT2D eigenvalue weighted by Crippen LogP contribution is -2.45. The third-order valence-electron chi connectivity index (χ3n) is 3.04. The zero-order valence-corrected chi connectivity index (χ0v) is 10.0. The molecule has 1 aliphatic rings. The number of hydrogen-bond acceptors (Lipinski definition) is 2. The number of piperidine rings is 1. The van der Waals surface area contributed by atoms with Gasteiger partial charge in [-0.1, -0.05) is 6.42 Å². The fourth-order valence-corrected chi connectivity index (χ4v) is 2.00. The lowest BCUT2D eigenvalue weighted by Gasteiger charge is -2.26. The van der Waals surface area contributed by atoms with E-state index in [0.717, 1.165) is 25.9 Å². The third-order valence-corrected chi connectivity index (χ3v) is 3.04. The molecule has 0 spiro atoms. The van der Waals surface area contributed by atoms with E-state index in [9.17, 15) is 9.18 Å². The first-order valence-corrected chi connectivity index (χ1v) is 5.99. The summed E-state index contributed by atoms with van der Waals surface area (Å²) < 4.78 is 13.1. The molecule has 0 aliphatic carbocycles. The highest BCUT2D eigenvalue weighted by Gasteiger charge is 2.14. The second-order valence-corrected chi connectivity index (χ2v) is 4.45. The number of nitrogens with zero attached hydrogens (tertiary/aromatic N) is 1. The van der Waals surface area contributed by atoms with Crippen LogP contribution in [0.3, 0.4) is 0 Å². The number of amides is 1. The maximum Gasteiger partial charge on any atom is 0.265 e. The predicted molar refractivity (Wildman–Crippen MR) is 64.0 cm³/mol. The molecular formula is C13H17FN2O. The van der Waals surface area contributed by atoms with Gasteiger partial charge in [0, 0.05) is 18.7 Å². The van der Waals surface area contributed by atoms with Crippen LogP contribution < -0.4 is 5.43 Å². The van der Waals surface area contributed by atoms with Gasteiger partial charge in [0.2, 0.25) is 0 Å². The first-order chi connectivity index (χ1) is 8.16. The van der Waals surface area contributed by atoms with Crippen molar-refractivity contribution >= 4 is 5.91 Å². The van der Waals surface area contributed by atoms with Crippen LogP contribution in [0.4, 0.5) is 4.39 Å². The fraction of sp³-hybridized carbons (Fsp3) is 0.462. The van der Waals surface area contributed by atoms with Crippen LogP contribution in [0, 0.1) is 12.7 Å². The fourth-order valence-electron chi connectivity index (χ4n) is 2.00. The van der Waals surface area contributed by atoms with Crippen molar-refractivity contribution in [1.82, 2.24) is 10.4 Å². The van der Waals surface area contributed by atoms with Crippen LogP contribution >= 0.6 is 0 Å². The quantitative estimate of drug-likeness (QED) is 0.854. The summed E-state index contributed by atoms with van der Waals surface area (Å²) >= 11 is 0. The number of nitrogens with one attached hydrogen (secondary N) is 1. The van der Waals surface area contributed by atoms with Gasteiger partial charge >= 0.3 is 0 Å². The van der Waals surface area contributed by atoms with E-state index in [1.54, 1.807) is 13.0 Å². The Kier molecular flexibility index (Phi) is 3.74. The molecule has 1 N–H and O–H groups in total. The number of carbonyl (C=O) groups is 1. The number of hydrogen-bond donors (Lipinski definition) is 1. The van der Waals surface area contributed by atoms with Gasteiger partial charge in [0.1, 0.15) is 5.82 Å². The van der Waals surface area contributed by atoms with Gasteiger partial charge in [0.15, 0.2) is 0 Å². The number of benzene rings is 1. The minimum absolute atomic E-state index is 0.157. The Bertz CT molecular complexity index is 414. The molecule has 0 radical (unpaired) electrons. The van der Waals surface area contributed by atoms with Gasteiger partial charge in [0.25, 0.3) is 5.91 Å². The number of carbonyl (C=O) groups excluding carboxylic acids is 1. The Labute approximate surface area is 101 Å². The van der Waals surface area contributed by atoms with Crippen LogP contribution in [0.15, 0.2) is 18.2 Å². The van der Waals surface area contributed by atoms with E-state index >= 15 is 0 Å². The van der Waals surface area contributed by atoms with E-state index in [-0.39, 0.29) is 11.7 Å². The minimum atomic E-state index is -0.278. The molecule has 17 heavy (non-hydrogen) atoms. The van der Waals surface area contributed by atoms with Crippen LogP contribution in [-0.2, 0) is 0 Å². The second-order valence-electron chi connectivity index (χ2n) is 4.45. The molecule has 1 fully saturated rings. The average molecular weight is 236 g/mol. The molecule has 92 valence electrons. The van der Waals surface area contributed by atoms with Crippen molar-refractivity contribution < 1.29 is 9.18 Å². The number of halogens is 1. The summed E-state index contributed by atoms with van der Waals surface area (Å²) in [7, 11) is 0. The zero-order valence-electron chi connectivity index (χ0n) is 10.0. The van der Waals surface area contributed by atoms with Crippen LogP contribution in [0.25, 0.3) is 0 Å². The number of aryl methyl sites for hydroxylation is 1. The first-order valence-electron chi connectivity index (χ1n) is 5.99. The first kappa shape index (κ1) is 12.0. The minimum Gasteiger partial charge on any atom is -0.285 e. The summed E-state index contributed by atoms with van der Waals surface area (Å²) in [6, 6.07) is 4.43. The zero-order chi connectivity index (χ0) is 12.3. The SMILES string of the molecule is Cc1cc(C(=O)NN2CCCCC2)ccc1F. The molecule has 1 saturated heterocycles. The molecule has 4 heteroatoms. The Morgan fingerprint density at radius 3 is 2.65 bits per heavy atom. The van der Waals surface area contributed by atoms with Gasteiger partial charge in [-0.3, -0.25) is 10.2 Å². The summed E-state index contributed by atoms with van der Waals surface area (Å²) in [4.78, 5) is 11.9. The lowest BCUT2D eigenvalue weighted by atomic mass is 10.1. The van der Waals surface area contributed by atoms with Gasteiger partial charge in [-0.25, -0.2) is 9.40 Å². The molecule has 1 aliphatic heterocycles. The number of rotatable bonds is 2. The van der Waals surface area contributed by atoms with Gasteiger partial charge < -0.3 is 0 Å². The summed E-state index contributed by atoms with van der Waals surface area (Å²) in [5.74, 6) is -0.436. The van der Waals surface area contributed by atoms with E-state index in [2.05, 4.69) is 5.43 Å². The van der Waals surface area contributed by atoms with Gasteiger partial charge in [-0.2, -0.15) is 0 Å². The highest BCUT2D eigenvalue weighted by molar-refractivity contribution is 5.94. The van der Waals surface area contributed by atoms with Gasteiger partial charge in [0.05, 0.1) is 0 Å². The predicted octanol–water partition coefficient (Wildman–Crippen LogP) is 2.26. The average Bonchev–Trinajstić information content (AvgIpc) is 2.34. The maximum absolute atomic E-state index is 13.1. The molecule has 0 saturated carbocycles. The Hall–Kier alpha value is -1.42. The van der Waals surface area contributed by atoms with Crippen molar-refractivity contribution in [2.75, 3.05) is 13.1 Å². The molecular weight excluding hydrogens is 219 g/mol. The Morgan fingerprint density at radius 2 is 2.00 bits per heavy atom. The van der Waals surface area contributed by atoms with Crippen molar-refractivity contribution in [3.05, 3.63) is 35.1 Å². The lowest BCUT2D eigenvalue weighted by molar-refractivity contribution is 0.0750. The van der Waals surface area contributed by atoms with E-state index in [4.69, 9.17) is 0 Å². The van der Waals surface area contributed by atoms with Crippen LogP contribution in [0.5, 0.6) is 0 Å². The molecule has 0 bridgehead atoms. The number of hydrazine groups is 1. The van der Waals surface area contributed by atoms with E-state index < -0.39 is 0 Å². The van der Waals surface area contributed by atoms with Crippen molar-refractivity contribution in [1.29, 1.82) is 0 Å². The molecule has 0 unspecified atom stereocenters. The molecule has 0 atom stereocenters. The molecule has 2 rings (SSSR count). The Balaban J connectivity index is 2.01. The standard InChI is InChI=1S/C13H17FN2O/c1-10-9-11(5-6-12(10)14)13(17)15-16-7-3-2-4-8-16/h5-6,9H,2-4,7-8H2,1H3,(H,15,17). The Morgan fingerprint density at radius 1 is 1.29 bits per heavy atom. The molecule has 1 aromatic rings. The molecule has 1 amide bonds. The molecule has 3 nitrogen and oxygen atoms in total. The molecule has 1 heterocycles. The third kappa shape index (κ3) is 3.03. The monoisotopic (exact) mass is 236 g/mol. The van der Waals surface area contributed by atoms with Gasteiger partial charge in [-0.15, -0.1) is 0 Å². The van der Waals surface area contributed by atoms with Crippen molar-refractivity contribution in [2.24, 2.45) is 0 Å². The second kappa shape index (κ2) is 5.27. The van der Waals surface area contributed by atoms with Crippen LogP contribution in [-0.4, -0.2) is 24.0 Å². The summed E-state index contributed by atoms with van der Waals surface area (Å²) in [5.41, 5.74) is 3.86. The molecule has 0 aromatic heterocycles. The van der Waals surface area contributed by atoms with E-state index in [1.165, 1.54) is 18.6 Å². The highest BCUT2D eigenvalue weighted by Crippen LogP contribution is 2.10. The van der Waals surface area contributed by atoms with Crippen LogP contribution in [0.1, 0.15) is 35.2 Å². The largest absolute Gasteiger partial charge is 0.285 e. The summed E-state index contributed by atoms with van der Waals surface area (Å²) in [5, 5.41) is 1.94. The topological polar surface area (TPSA) is 32.3 Å². The smallest absolute Gasteiger partial charge is 0.265 e. The summed E-state index contributed by atoms with van der Waals surface area (Å²) in [6.45, 7) is 3.45.